The van der Waals surface area contributed by atoms with Crippen molar-refractivity contribution in [1.82, 2.24) is 15.1 Å². The van der Waals surface area contributed by atoms with E-state index in [1.807, 2.05) is 11.9 Å². The zero-order chi connectivity index (χ0) is 16.4. The molecular weight excluding hydrogens is 286 g/mol. The van der Waals surface area contributed by atoms with Gasteiger partial charge in [0.2, 0.25) is 0 Å². The lowest BCUT2D eigenvalue weighted by Gasteiger charge is -2.37. The number of carbonyl (C=O) groups is 1. The minimum atomic E-state index is 0.0554. The Morgan fingerprint density at radius 1 is 1.22 bits per heavy atom. The Labute approximate surface area is 139 Å². The van der Waals surface area contributed by atoms with Crippen LogP contribution in [0.3, 0.4) is 0 Å². The molecule has 1 atom stereocenters. The van der Waals surface area contributed by atoms with Crippen molar-refractivity contribution >= 4 is 6.03 Å². The van der Waals surface area contributed by atoms with Crippen LogP contribution in [0.4, 0.5) is 4.79 Å². The second-order valence-corrected chi connectivity index (χ2v) is 7.35. The smallest absolute Gasteiger partial charge is 0.317 e. The molecule has 2 aliphatic carbocycles. The first-order valence-corrected chi connectivity index (χ1v) is 8.79. The van der Waals surface area contributed by atoms with Gasteiger partial charge in [0, 0.05) is 19.1 Å². The highest BCUT2D eigenvalue weighted by molar-refractivity contribution is 5.74. The van der Waals surface area contributed by atoms with Gasteiger partial charge in [0.25, 0.3) is 0 Å². The van der Waals surface area contributed by atoms with Gasteiger partial charge >= 0.3 is 6.03 Å². The van der Waals surface area contributed by atoms with Gasteiger partial charge in [0.05, 0.1) is 6.04 Å². The van der Waals surface area contributed by atoms with E-state index in [9.17, 15) is 4.79 Å². The molecule has 2 aliphatic rings. The Balaban J connectivity index is 1.63. The highest BCUT2D eigenvalue weighted by atomic mass is 16.2. The van der Waals surface area contributed by atoms with Crippen molar-refractivity contribution in [3.05, 3.63) is 35.4 Å². The van der Waals surface area contributed by atoms with Gasteiger partial charge in [0.15, 0.2) is 0 Å². The van der Waals surface area contributed by atoms with Crippen molar-refractivity contribution in [1.29, 1.82) is 0 Å². The first-order chi connectivity index (χ1) is 11.0. The third-order valence-electron chi connectivity index (χ3n) is 5.94. The number of fused-ring (bicyclic) bond motifs is 1. The fraction of sp³-hybridized carbons (Fsp3) is 0.632. The van der Waals surface area contributed by atoms with Crippen LogP contribution in [0, 0.1) is 0 Å². The fourth-order valence-corrected chi connectivity index (χ4v) is 4.26. The predicted octanol–water partition coefficient (Wildman–Crippen LogP) is 3.19. The number of nitrogens with zero attached hydrogens (tertiary/aromatic N) is 2. The summed E-state index contributed by atoms with van der Waals surface area (Å²) in [5, 5.41) is 3.20. The number of urea groups is 1. The lowest BCUT2D eigenvalue weighted by Crippen LogP contribution is -2.53. The second kappa shape index (κ2) is 6.52. The number of aryl methyl sites for hydroxylation is 1. The Hall–Kier alpha value is -1.55. The van der Waals surface area contributed by atoms with Crippen LogP contribution in [0.25, 0.3) is 0 Å². The average Bonchev–Trinajstić information content (AvgIpc) is 3.19. The molecule has 1 N–H and O–H groups in total. The van der Waals surface area contributed by atoms with Crippen LogP contribution >= 0.6 is 0 Å². The van der Waals surface area contributed by atoms with Crippen LogP contribution in [0.1, 0.15) is 49.3 Å². The van der Waals surface area contributed by atoms with Gasteiger partial charge in [-0.1, -0.05) is 37.1 Å². The van der Waals surface area contributed by atoms with E-state index in [2.05, 4.69) is 48.6 Å². The van der Waals surface area contributed by atoms with E-state index >= 15 is 0 Å². The van der Waals surface area contributed by atoms with Crippen LogP contribution in [-0.4, -0.2) is 49.1 Å². The first-order valence-electron chi connectivity index (χ1n) is 8.79. The maximum Gasteiger partial charge on any atom is 0.317 e. The summed E-state index contributed by atoms with van der Waals surface area (Å²) in [6.45, 7) is 0.748. The number of likely N-dealkylation sites (N-methyl/N-ethyl adjacent to an activating group) is 1. The average molecular weight is 315 g/mol. The Morgan fingerprint density at radius 3 is 2.61 bits per heavy atom. The van der Waals surface area contributed by atoms with Crippen molar-refractivity contribution in [2.24, 2.45) is 0 Å². The van der Waals surface area contributed by atoms with Crippen LogP contribution in [0.5, 0.6) is 0 Å². The summed E-state index contributed by atoms with van der Waals surface area (Å²) < 4.78 is 0. The van der Waals surface area contributed by atoms with E-state index in [4.69, 9.17) is 0 Å². The fourth-order valence-electron chi connectivity index (χ4n) is 4.26. The second-order valence-electron chi connectivity index (χ2n) is 7.35. The molecule has 3 rings (SSSR count). The maximum absolute atomic E-state index is 12.7. The van der Waals surface area contributed by atoms with Crippen molar-refractivity contribution in [2.45, 2.75) is 50.1 Å². The van der Waals surface area contributed by atoms with Crippen LogP contribution < -0.4 is 5.32 Å². The SMILES string of the molecule is CN(C(=O)NCC1(N(C)C)CCCC1)C1CCc2ccccc21. The minimum absolute atomic E-state index is 0.0554. The number of hydrogen-bond donors (Lipinski definition) is 1. The number of nitrogens with one attached hydrogen (secondary N) is 1. The quantitative estimate of drug-likeness (QED) is 0.926. The van der Waals surface area contributed by atoms with E-state index in [0.29, 0.717) is 0 Å². The number of amides is 2. The molecule has 4 nitrogen and oxygen atoms in total. The molecule has 0 radical (unpaired) electrons. The summed E-state index contributed by atoms with van der Waals surface area (Å²) in [7, 11) is 6.20. The largest absolute Gasteiger partial charge is 0.336 e. The number of rotatable bonds is 4. The van der Waals surface area contributed by atoms with Crippen molar-refractivity contribution < 1.29 is 4.79 Å². The van der Waals surface area contributed by atoms with Gasteiger partial charge in [-0.25, -0.2) is 4.79 Å². The molecule has 1 fully saturated rings. The van der Waals surface area contributed by atoms with E-state index in [0.717, 1.165) is 19.4 Å². The summed E-state index contributed by atoms with van der Waals surface area (Å²) in [6.07, 6.45) is 6.98. The monoisotopic (exact) mass is 315 g/mol. The summed E-state index contributed by atoms with van der Waals surface area (Å²) in [6, 6.07) is 8.77. The van der Waals surface area contributed by atoms with Gasteiger partial charge in [-0.05, 0) is 50.9 Å². The summed E-state index contributed by atoms with van der Waals surface area (Å²) in [5.41, 5.74) is 2.84. The molecule has 2 amide bonds. The molecule has 0 spiro atoms. The van der Waals surface area contributed by atoms with Crippen LogP contribution in [0.2, 0.25) is 0 Å². The van der Waals surface area contributed by atoms with E-state index in [1.54, 1.807) is 0 Å². The van der Waals surface area contributed by atoms with Crippen molar-refractivity contribution in [3.63, 3.8) is 0 Å². The molecular formula is C19H29N3O. The topological polar surface area (TPSA) is 35.6 Å². The Morgan fingerprint density at radius 2 is 1.91 bits per heavy atom. The van der Waals surface area contributed by atoms with E-state index < -0.39 is 0 Å². The molecule has 4 heteroatoms. The van der Waals surface area contributed by atoms with Gasteiger partial charge in [-0.15, -0.1) is 0 Å². The molecule has 1 aromatic rings. The standard InChI is InChI=1S/C19H29N3O/c1-21(2)19(12-6-7-13-19)14-20-18(23)22(3)17-11-10-15-8-4-5-9-16(15)17/h4-5,8-9,17H,6-7,10-14H2,1-3H3,(H,20,23). The molecule has 0 heterocycles. The third kappa shape index (κ3) is 3.09. The van der Waals surface area contributed by atoms with Gasteiger partial charge < -0.3 is 15.1 Å². The molecule has 1 aromatic carbocycles. The molecule has 1 saturated carbocycles. The van der Waals surface area contributed by atoms with Crippen molar-refractivity contribution in [2.75, 3.05) is 27.7 Å². The number of carbonyl (C=O) groups excluding carboxylic acids is 1. The minimum Gasteiger partial charge on any atom is -0.336 e. The lowest BCUT2D eigenvalue weighted by molar-refractivity contribution is 0.144. The summed E-state index contributed by atoms with van der Waals surface area (Å²) in [5.74, 6) is 0. The molecule has 23 heavy (non-hydrogen) atoms. The molecule has 0 aromatic heterocycles. The van der Waals surface area contributed by atoms with Crippen LogP contribution in [-0.2, 0) is 6.42 Å². The summed E-state index contributed by atoms with van der Waals surface area (Å²) in [4.78, 5) is 16.8. The lowest BCUT2D eigenvalue weighted by atomic mass is 9.96. The van der Waals surface area contributed by atoms with E-state index in [-0.39, 0.29) is 17.6 Å². The molecule has 1 unspecified atom stereocenters. The van der Waals surface area contributed by atoms with Crippen molar-refractivity contribution in [3.8, 4) is 0 Å². The highest BCUT2D eigenvalue weighted by Gasteiger charge is 2.37. The molecule has 126 valence electrons. The predicted molar refractivity (Wildman–Crippen MR) is 93.6 cm³/mol. The number of hydrogen-bond acceptors (Lipinski definition) is 2. The molecule has 0 bridgehead atoms. The van der Waals surface area contributed by atoms with Gasteiger partial charge in [-0.3, -0.25) is 0 Å². The zero-order valence-electron chi connectivity index (χ0n) is 14.6. The molecule has 0 saturated heterocycles. The first kappa shape index (κ1) is 16.3. The zero-order valence-corrected chi connectivity index (χ0v) is 14.6. The van der Waals surface area contributed by atoms with E-state index in [1.165, 1.54) is 36.8 Å². The Bertz CT molecular complexity index is 563. The highest BCUT2D eigenvalue weighted by Crippen LogP contribution is 2.35. The molecule has 0 aliphatic heterocycles. The number of benzene rings is 1. The maximum atomic E-state index is 12.7. The van der Waals surface area contributed by atoms with Gasteiger partial charge in [-0.2, -0.15) is 0 Å². The Kier molecular flexibility index (Phi) is 4.62. The van der Waals surface area contributed by atoms with Crippen LogP contribution in [0.15, 0.2) is 24.3 Å². The third-order valence-corrected chi connectivity index (χ3v) is 5.94. The normalized spacial score (nSPS) is 22.2. The summed E-state index contributed by atoms with van der Waals surface area (Å²) >= 11 is 0. The van der Waals surface area contributed by atoms with Gasteiger partial charge in [0.1, 0.15) is 0 Å².